The highest BCUT2D eigenvalue weighted by Gasteiger charge is 2.71. The molecule has 0 fully saturated rings. The van der Waals surface area contributed by atoms with Gasteiger partial charge in [-0.25, -0.2) is 0 Å². The standard InChI is InChI=1S/C14H17F3N3O4P/c1-20(2)12-19-14(13(15,16)17,25(21,22-3)23-4)18-11(24-12)10-8-6-5-7-9-10/h5-9H,1-4H3. The summed E-state index contributed by atoms with van der Waals surface area (Å²) in [6.45, 7) is 0. The summed E-state index contributed by atoms with van der Waals surface area (Å²) in [6, 6.07) is 7.46. The van der Waals surface area contributed by atoms with Crippen molar-refractivity contribution in [2.75, 3.05) is 28.3 Å². The number of ether oxygens (including phenoxy) is 1. The first kappa shape index (κ1) is 19.4. The van der Waals surface area contributed by atoms with Gasteiger partial charge in [0.15, 0.2) is 0 Å². The van der Waals surface area contributed by atoms with Crippen LogP contribution in [0.3, 0.4) is 0 Å². The fourth-order valence-electron chi connectivity index (χ4n) is 2.06. The number of rotatable bonds is 4. The average molecular weight is 379 g/mol. The molecule has 2 rings (SSSR count). The molecule has 0 saturated carbocycles. The third-order valence-corrected chi connectivity index (χ3v) is 5.52. The minimum absolute atomic E-state index is 0.254. The van der Waals surface area contributed by atoms with Gasteiger partial charge in [0, 0.05) is 33.9 Å². The molecule has 1 aromatic carbocycles. The maximum Gasteiger partial charge on any atom is 0.447 e. The van der Waals surface area contributed by atoms with Crippen LogP contribution in [0.1, 0.15) is 5.56 Å². The van der Waals surface area contributed by atoms with Crippen LogP contribution >= 0.6 is 7.60 Å². The summed E-state index contributed by atoms with van der Waals surface area (Å²) in [5, 5.41) is -3.48. The Kier molecular flexibility index (Phi) is 5.27. The number of alkyl halides is 3. The van der Waals surface area contributed by atoms with Crippen molar-refractivity contribution >= 4 is 19.5 Å². The molecule has 7 nitrogen and oxygen atoms in total. The maximum absolute atomic E-state index is 14.0. The van der Waals surface area contributed by atoms with Gasteiger partial charge in [0.05, 0.1) is 0 Å². The molecule has 1 heterocycles. The van der Waals surface area contributed by atoms with E-state index in [0.29, 0.717) is 0 Å². The lowest BCUT2D eigenvalue weighted by atomic mass is 10.2. The number of halogens is 3. The SMILES string of the molecule is COP(=O)(OC)C1(C(F)(F)F)N=C(c2ccccc2)OC(N(C)C)=N1. The molecule has 11 heteroatoms. The molecular weight excluding hydrogens is 362 g/mol. The Morgan fingerprint density at radius 2 is 1.68 bits per heavy atom. The van der Waals surface area contributed by atoms with Crippen LogP contribution in [0, 0.1) is 0 Å². The highest BCUT2D eigenvalue weighted by Crippen LogP contribution is 2.67. The largest absolute Gasteiger partial charge is 0.447 e. The van der Waals surface area contributed by atoms with Crippen LogP contribution < -0.4 is 0 Å². The minimum Gasteiger partial charge on any atom is -0.406 e. The molecule has 0 spiro atoms. The lowest BCUT2D eigenvalue weighted by Gasteiger charge is -2.36. The lowest BCUT2D eigenvalue weighted by Crippen LogP contribution is -2.48. The van der Waals surface area contributed by atoms with Crippen LogP contribution in [-0.2, 0) is 18.3 Å². The van der Waals surface area contributed by atoms with Crippen molar-refractivity contribution in [3.63, 3.8) is 0 Å². The molecule has 1 aliphatic rings. The lowest BCUT2D eigenvalue weighted by molar-refractivity contribution is -0.165. The van der Waals surface area contributed by atoms with E-state index in [1.165, 1.54) is 31.1 Å². The molecular formula is C14H17F3N3O4P. The molecule has 1 aromatic rings. The first-order chi connectivity index (χ1) is 11.6. The Morgan fingerprint density at radius 1 is 1.12 bits per heavy atom. The van der Waals surface area contributed by atoms with Crippen molar-refractivity contribution in [2.24, 2.45) is 9.98 Å². The average Bonchev–Trinajstić information content (AvgIpc) is 2.60. The zero-order valence-electron chi connectivity index (χ0n) is 13.9. The summed E-state index contributed by atoms with van der Waals surface area (Å²) < 4.78 is 69.2. The molecule has 0 radical (unpaired) electrons. The van der Waals surface area contributed by atoms with Gasteiger partial charge in [-0.1, -0.05) is 18.2 Å². The van der Waals surface area contributed by atoms with E-state index in [4.69, 9.17) is 4.74 Å². The Morgan fingerprint density at radius 3 is 2.12 bits per heavy atom. The van der Waals surface area contributed by atoms with Gasteiger partial charge in [0.2, 0.25) is 5.90 Å². The second-order valence-electron chi connectivity index (χ2n) is 5.17. The van der Waals surface area contributed by atoms with E-state index in [-0.39, 0.29) is 5.56 Å². The van der Waals surface area contributed by atoms with E-state index in [1.54, 1.807) is 18.2 Å². The molecule has 1 aliphatic heterocycles. The van der Waals surface area contributed by atoms with Crippen molar-refractivity contribution in [2.45, 2.75) is 11.6 Å². The van der Waals surface area contributed by atoms with Gasteiger partial charge in [-0.05, 0) is 12.1 Å². The van der Waals surface area contributed by atoms with Gasteiger partial charge >= 0.3 is 19.2 Å². The van der Waals surface area contributed by atoms with E-state index < -0.39 is 31.1 Å². The van der Waals surface area contributed by atoms with Crippen LogP contribution in [0.25, 0.3) is 0 Å². The van der Waals surface area contributed by atoms with Crippen LogP contribution in [0.4, 0.5) is 13.2 Å². The van der Waals surface area contributed by atoms with Crippen LogP contribution in [0.15, 0.2) is 40.3 Å². The van der Waals surface area contributed by atoms with Crippen LogP contribution in [-0.4, -0.2) is 56.7 Å². The molecule has 25 heavy (non-hydrogen) atoms. The highest BCUT2D eigenvalue weighted by molar-refractivity contribution is 7.55. The number of nitrogens with zero attached hydrogens (tertiary/aromatic N) is 3. The molecule has 0 aromatic heterocycles. The maximum atomic E-state index is 14.0. The fraction of sp³-hybridized carbons (Fsp3) is 0.429. The van der Waals surface area contributed by atoms with Crippen molar-refractivity contribution in [1.29, 1.82) is 0 Å². The number of hydrogen-bond donors (Lipinski definition) is 0. The third-order valence-electron chi connectivity index (χ3n) is 3.34. The second kappa shape index (κ2) is 6.78. The van der Waals surface area contributed by atoms with Crippen LogP contribution in [0.5, 0.6) is 0 Å². The first-order valence-corrected chi connectivity index (χ1v) is 8.53. The van der Waals surface area contributed by atoms with E-state index in [0.717, 1.165) is 14.2 Å². The smallest absolute Gasteiger partial charge is 0.406 e. The predicted molar refractivity (Wildman–Crippen MR) is 85.6 cm³/mol. The first-order valence-electron chi connectivity index (χ1n) is 6.99. The Hall–Kier alpha value is -1.90. The molecule has 1 unspecified atom stereocenters. The molecule has 138 valence electrons. The Bertz CT molecular complexity index is 729. The molecule has 1 atom stereocenters. The minimum atomic E-state index is -5.17. The predicted octanol–water partition coefficient (Wildman–Crippen LogP) is 3.08. The summed E-state index contributed by atoms with van der Waals surface area (Å²) in [5.74, 6) is -0.397. The summed E-state index contributed by atoms with van der Waals surface area (Å²) >= 11 is 0. The normalized spacial score (nSPS) is 21.2. The quantitative estimate of drug-likeness (QED) is 0.752. The van der Waals surface area contributed by atoms with E-state index >= 15 is 0 Å². The topological polar surface area (TPSA) is 72.7 Å². The number of amidine groups is 1. The Balaban J connectivity index is 2.79. The van der Waals surface area contributed by atoms with Gasteiger partial charge in [0.1, 0.15) is 0 Å². The zero-order valence-corrected chi connectivity index (χ0v) is 14.8. The highest BCUT2D eigenvalue weighted by atomic mass is 31.2. The number of benzene rings is 1. The third kappa shape index (κ3) is 3.29. The molecule has 0 aliphatic carbocycles. The van der Waals surface area contributed by atoms with Crippen molar-refractivity contribution < 1.29 is 31.5 Å². The van der Waals surface area contributed by atoms with Gasteiger partial charge in [-0.3, -0.25) is 4.57 Å². The second-order valence-corrected chi connectivity index (χ2v) is 7.52. The van der Waals surface area contributed by atoms with Gasteiger partial charge in [0.25, 0.3) is 6.02 Å². The monoisotopic (exact) mass is 379 g/mol. The summed E-state index contributed by atoms with van der Waals surface area (Å²) in [5.41, 5.74) is 0.254. The zero-order chi connectivity index (χ0) is 18.9. The summed E-state index contributed by atoms with van der Waals surface area (Å²) in [7, 11) is -0.306. The fourth-order valence-corrected chi connectivity index (χ4v) is 3.45. The van der Waals surface area contributed by atoms with Crippen molar-refractivity contribution in [3.05, 3.63) is 35.9 Å². The molecule has 0 bridgehead atoms. The van der Waals surface area contributed by atoms with Crippen molar-refractivity contribution in [3.8, 4) is 0 Å². The molecule has 0 N–H and O–H groups in total. The molecule has 0 saturated heterocycles. The van der Waals surface area contributed by atoms with E-state index in [9.17, 15) is 17.7 Å². The van der Waals surface area contributed by atoms with Gasteiger partial charge in [-0.2, -0.15) is 23.2 Å². The summed E-state index contributed by atoms with van der Waals surface area (Å²) in [6.07, 6.45) is -5.17. The summed E-state index contributed by atoms with van der Waals surface area (Å²) in [4.78, 5) is 8.21. The van der Waals surface area contributed by atoms with Crippen molar-refractivity contribution in [1.82, 2.24) is 4.90 Å². The molecule has 0 amide bonds. The Labute approximate surface area is 142 Å². The van der Waals surface area contributed by atoms with Crippen LogP contribution in [0.2, 0.25) is 0 Å². The number of aliphatic imine (C=N–C) groups is 2. The number of hydrogen-bond acceptors (Lipinski definition) is 7. The van der Waals surface area contributed by atoms with E-state index in [1.807, 2.05) is 0 Å². The van der Waals surface area contributed by atoms with Gasteiger partial charge in [-0.15, -0.1) is 0 Å². The van der Waals surface area contributed by atoms with E-state index in [2.05, 4.69) is 19.0 Å². The van der Waals surface area contributed by atoms with Gasteiger partial charge < -0.3 is 18.7 Å².